The van der Waals surface area contributed by atoms with Gasteiger partial charge in [-0.15, -0.1) is 0 Å². The third-order valence-electron chi connectivity index (χ3n) is 9.64. The van der Waals surface area contributed by atoms with Crippen molar-refractivity contribution in [3.8, 4) is 0 Å². The predicted octanol–water partition coefficient (Wildman–Crippen LogP) is 4.09. The zero-order valence-electron chi connectivity index (χ0n) is 17.4. The maximum Gasteiger partial charge on any atom is 0.0577 e. The van der Waals surface area contributed by atoms with Crippen LogP contribution in [0.25, 0.3) is 0 Å². The van der Waals surface area contributed by atoms with Gasteiger partial charge in [0.25, 0.3) is 0 Å². The molecule has 3 fully saturated rings. The van der Waals surface area contributed by atoms with Crippen LogP contribution in [-0.2, 0) is 4.79 Å². The van der Waals surface area contributed by atoms with Gasteiger partial charge in [-0.1, -0.05) is 32.4 Å². The summed E-state index contributed by atoms with van der Waals surface area (Å²) in [5.41, 5.74) is 2.23. The van der Waals surface area contributed by atoms with Crippen molar-refractivity contribution in [3.63, 3.8) is 0 Å². The summed E-state index contributed by atoms with van der Waals surface area (Å²) in [7, 11) is 0. The molecule has 0 aromatic rings. The summed E-state index contributed by atoms with van der Waals surface area (Å²) in [6, 6.07) is 0. The topological polar surface area (TPSA) is 60.4 Å². The Labute approximate surface area is 164 Å². The SMILES string of the molecule is C[C@@H](CCC(=O)[O-])[C@@H]1CC[C@H]2[C@H]3CC=C4C[C@@H](O)CC[C@]4(C)[C@@H]3CC[C@@]21C. The Morgan fingerprint density at radius 3 is 2.74 bits per heavy atom. The van der Waals surface area contributed by atoms with Gasteiger partial charge in [-0.25, -0.2) is 0 Å². The Bertz CT molecular complexity index is 625. The average Bonchev–Trinajstić information content (AvgIpc) is 2.97. The lowest BCUT2D eigenvalue weighted by molar-refractivity contribution is -0.306. The number of hydrogen-bond donors (Lipinski definition) is 1. The summed E-state index contributed by atoms with van der Waals surface area (Å²) >= 11 is 0. The minimum atomic E-state index is -0.900. The normalized spacial score (nSPS) is 47.4. The number of carboxylic acid groups (broad SMARTS) is 1. The number of rotatable bonds is 4. The number of allylic oxidation sites excluding steroid dienone is 1. The molecule has 3 nitrogen and oxygen atoms in total. The summed E-state index contributed by atoms with van der Waals surface area (Å²) in [6.45, 7) is 7.28. The van der Waals surface area contributed by atoms with Gasteiger partial charge >= 0.3 is 0 Å². The highest BCUT2D eigenvalue weighted by Crippen LogP contribution is 2.67. The van der Waals surface area contributed by atoms with Gasteiger partial charge in [-0.05, 0) is 105 Å². The third kappa shape index (κ3) is 3.09. The molecule has 0 heterocycles. The van der Waals surface area contributed by atoms with E-state index in [1.165, 1.54) is 32.1 Å². The van der Waals surface area contributed by atoms with E-state index < -0.39 is 5.97 Å². The summed E-state index contributed by atoms with van der Waals surface area (Å²) < 4.78 is 0. The molecule has 4 aliphatic rings. The Hall–Kier alpha value is -0.830. The summed E-state index contributed by atoms with van der Waals surface area (Å²) in [5.74, 6) is 2.58. The maximum absolute atomic E-state index is 10.9. The highest BCUT2D eigenvalue weighted by molar-refractivity contribution is 5.64. The van der Waals surface area contributed by atoms with Gasteiger partial charge in [-0.2, -0.15) is 0 Å². The second kappa shape index (κ2) is 6.90. The van der Waals surface area contributed by atoms with Gasteiger partial charge in [0, 0.05) is 5.97 Å². The first-order chi connectivity index (χ1) is 12.8. The van der Waals surface area contributed by atoms with Gasteiger partial charge in [0.15, 0.2) is 0 Å². The molecule has 3 heteroatoms. The zero-order chi connectivity index (χ0) is 19.4. The first-order valence-electron chi connectivity index (χ1n) is 11.3. The third-order valence-corrected chi connectivity index (χ3v) is 9.64. The average molecular weight is 374 g/mol. The Morgan fingerprint density at radius 2 is 2.00 bits per heavy atom. The van der Waals surface area contributed by atoms with Crippen LogP contribution in [0.1, 0.15) is 85.0 Å². The fourth-order valence-corrected chi connectivity index (χ4v) is 8.16. The van der Waals surface area contributed by atoms with Crippen LogP contribution >= 0.6 is 0 Å². The molecule has 8 atom stereocenters. The van der Waals surface area contributed by atoms with Crippen molar-refractivity contribution in [2.45, 2.75) is 91.1 Å². The number of aliphatic hydroxyl groups excluding tert-OH is 1. The lowest BCUT2D eigenvalue weighted by Gasteiger charge is -2.58. The molecule has 0 unspecified atom stereocenters. The second-order valence-electron chi connectivity index (χ2n) is 10.8. The molecule has 27 heavy (non-hydrogen) atoms. The minimum Gasteiger partial charge on any atom is -0.550 e. The first kappa shape index (κ1) is 19.5. The fraction of sp³-hybridized carbons (Fsp3) is 0.875. The molecule has 0 bridgehead atoms. The van der Waals surface area contributed by atoms with Crippen LogP contribution in [0.4, 0.5) is 0 Å². The number of aliphatic carboxylic acids is 1. The molecule has 0 aromatic heterocycles. The molecule has 0 saturated heterocycles. The van der Waals surface area contributed by atoms with E-state index in [2.05, 4.69) is 26.8 Å². The van der Waals surface area contributed by atoms with Crippen LogP contribution in [0.5, 0.6) is 0 Å². The van der Waals surface area contributed by atoms with Crippen molar-refractivity contribution >= 4 is 5.97 Å². The second-order valence-corrected chi connectivity index (χ2v) is 10.8. The number of aliphatic hydroxyl groups is 1. The zero-order valence-corrected chi connectivity index (χ0v) is 17.4. The molecule has 1 N–H and O–H groups in total. The van der Waals surface area contributed by atoms with Crippen molar-refractivity contribution in [1.29, 1.82) is 0 Å². The van der Waals surface area contributed by atoms with Crippen molar-refractivity contribution < 1.29 is 15.0 Å². The van der Waals surface area contributed by atoms with Crippen molar-refractivity contribution in [3.05, 3.63) is 11.6 Å². The summed E-state index contributed by atoms with van der Waals surface area (Å²) in [5, 5.41) is 21.1. The van der Waals surface area contributed by atoms with Gasteiger partial charge in [0.1, 0.15) is 0 Å². The monoisotopic (exact) mass is 373 g/mol. The smallest absolute Gasteiger partial charge is 0.0577 e. The Balaban J connectivity index is 1.54. The highest BCUT2D eigenvalue weighted by atomic mass is 16.4. The van der Waals surface area contributed by atoms with Crippen LogP contribution in [0.3, 0.4) is 0 Å². The van der Waals surface area contributed by atoms with E-state index in [0.717, 1.165) is 43.4 Å². The van der Waals surface area contributed by atoms with Crippen LogP contribution in [0.15, 0.2) is 11.6 Å². The molecule has 4 aliphatic carbocycles. The number of fused-ring (bicyclic) bond motifs is 5. The van der Waals surface area contributed by atoms with Crippen LogP contribution < -0.4 is 5.11 Å². The molecule has 0 aliphatic heterocycles. The van der Waals surface area contributed by atoms with Crippen LogP contribution in [0.2, 0.25) is 0 Å². The van der Waals surface area contributed by atoms with E-state index in [1.54, 1.807) is 5.57 Å². The number of carbonyl (C=O) groups is 1. The minimum absolute atomic E-state index is 0.129. The van der Waals surface area contributed by atoms with Crippen molar-refractivity contribution in [2.75, 3.05) is 0 Å². The molecular weight excluding hydrogens is 336 g/mol. The van der Waals surface area contributed by atoms with E-state index in [1.807, 2.05) is 0 Å². The number of carbonyl (C=O) groups excluding carboxylic acids is 1. The van der Waals surface area contributed by atoms with Gasteiger partial charge in [-0.3, -0.25) is 0 Å². The quantitative estimate of drug-likeness (QED) is 0.755. The van der Waals surface area contributed by atoms with Crippen molar-refractivity contribution in [2.24, 2.45) is 40.4 Å². The molecule has 4 rings (SSSR count). The van der Waals surface area contributed by atoms with E-state index in [9.17, 15) is 15.0 Å². The molecule has 0 spiro atoms. The fourth-order valence-electron chi connectivity index (χ4n) is 8.16. The van der Waals surface area contributed by atoms with Gasteiger partial charge < -0.3 is 15.0 Å². The molecule has 0 amide bonds. The lowest BCUT2D eigenvalue weighted by Crippen LogP contribution is -2.50. The number of hydrogen-bond acceptors (Lipinski definition) is 3. The molecule has 3 saturated carbocycles. The summed E-state index contributed by atoms with van der Waals surface area (Å²) in [6.07, 6.45) is 12.7. The first-order valence-corrected chi connectivity index (χ1v) is 11.3. The number of carboxylic acids is 1. The van der Waals surface area contributed by atoms with Gasteiger partial charge in [0.05, 0.1) is 6.10 Å². The molecule has 152 valence electrons. The highest BCUT2D eigenvalue weighted by Gasteiger charge is 2.59. The Kier molecular flexibility index (Phi) is 4.98. The Morgan fingerprint density at radius 1 is 1.22 bits per heavy atom. The summed E-state index contributed by atoms with van der Waals surface area (Å²) in [4.78, 5) is 10.9. The molecular formula is C24H37O3-. The van der Waals surface area contributed by atoms with Crippen LogP contribution in [-0.4, -0.2) is 17.2 Å². The van der Waals surface area contributed by atoms with Crippen molar-refractivity contribution in [1.82, 2.24) is 0 Å². The standard InChI is InChI=1S/C24H38O3/c1-15(4-9-22(26)27)19-7-8-20-18-6-5-16-14-17(25)10-12-23(16,2)21(18)11-13-24(19,20)3/h5,15,17-21,25H,4,6-14H2,1-3H3,(H,26,27)/p-1/t15-,17-,18+,19-,20-,21+,23-,24+/m0/s1. The molecule has 0 aromatic carbocycles. The van der Waals surface area contributed by atoms with E-state index in [4.69, 9.17) is 0 Å². The largest absolute Gasteiger partial charge is 0.550 e. The maximum atomic E-state index is 10.9. The van der Waals surface area contributed by atoms with E-state index >= 15 is 0 Å². The van der Waals surface area contributed by atoms with E-state index in [0.29, 0.717) is 22.7 Å². The van der Waals surface area contributed by atoms with Crippen LogP contribution in [0, 0.1) is 40.4 Å². The lowest BCUT2D eigenvalue weighted by atomic mass is 9.47. The predicted molar refractivity (Wildman–Crippen MR) is 105 cm³/mol. The van der Waals surface area contributed by atoms with E-state index in [-0.39, 0.29) is 12.5 Å². The molecule has 0 radical (unpaired) electrons. The van der Waals surface area contributed by atoms with Gasteiger partial charge in [0.2, 0.25) is 0 Å².